The lowest BCUT2D eigenvalue weighted by molar-refractivity contribution is 0.0527. The highest BCUT2D eigenvalue weighted by Crippen LogP contribution is 2.36. The summed E-state index contributed by atoms with van der Waals surface area (Å²) in [5.41, 5.74) is 1.26. The fourth-order valence-corrected chi connectivity index (χ4v) is 3.93. The van der Waals surface area contributed by atoms with E-state index in [9.17, 15) is 14.3 Å². The molecule has 1 heterocycles. The van der Waals surface area contributed by atoms with Gasteiger partial charge >= 0.3 is 0 Å². The maximum absolute atomic E-state index is 13.2. The lowest BCUT2D eigenvalue weighted by atomic mass is 9.93. The van der Waals surface area contributed by atoms with Gasteiger partial charge in [-0.3, -0.25) is 4.79 Å². The normalized spacial score (nSPS) is 29.1. The Morgan fingerprint density at radius 3 is 2.76 bits per heavy atom. The van der Waals surface area contributed by atoms with Crippen molar-refractivity contribution < 1.29 is 14.3 Å². The molecule has 0 aromatic heterocycles. The summed E-state index contributed by atoms with van der Waals surface area (Å²) in [6.07, 6.45) is 4.56. The van der Waals surface area contributed by atoms with E-state index in [1.807, 2.05) is 4.90 Å². The van der Waals surface area contributed by atoms with Crippen molar-refractivity contribution >= 4 is 5.91 Å². The Morgan fingerprint density at radius 1 is 1.29 bits per heavy atom. The number of likely N-dealkylation sites (tertiary alicyclic amines) is 1. The van der Waals surface area contributed by atoms with Crippen molar-refractivity contribution in [2.45, 2.75) is 51.2 Å². The first-order valence-corrected chi connectivity index (χ1v) is 7.83. The quantitative estimate of drug-likeness (QED) is 0.910. The Hall–Kier alpha value is -1.42. The van der Waals surface area contributed by atoms with Gasteiger partial charge in [0.05, 0.1) is 6.10 Å². The largest absolute Gasteiger partial charge is 0.393 e. The van der Waals surface area contributed by atoms with Crippen molar-refractivity contribution in [3.63, 3.8) is 0 Å². The van der Waals surface area contributed by atoms with Crippen LogP contribution in [0.25, 0.3) is 0 Å². The van der Waals surface area contributed by atoms with E-state index in [0.717, 1.165) is 38.6 Å². The summed E-state index contributed by atoms with van der Waals surface area (Å²) in [6.45, 7) is 2.51. The van der Waals surface area contributed by atoms with E-state index in [1.165, 1.54) is 12.1 Å². The van der Waals surface area contributed by atoms with Crippen molar-refractivity contribution in [1.82, 2.24) is 4.90 Å². The van der Waals surface area contributed by atoms with E-state index in [1.54, 1.807) is 13.0 Å². The summed E-state index contributed by atoms with van der Waals surface area (Å²) in [7, 11) is 0. The van der Waals surface area contributed by atoms with Gasteiger partial charge in [-0.1, -0.05) is 6.42 Å². The highest BCUT2D eigenvalue weighted by Gasteiger charge is 2.40. The number of aliphatic hydroxyl groups excluding tert-OH is 1. The lowest BCUT2D eigenvalue weighted by Gasteiger charge is -2.31. The molecule has 3 atom stereocenters. The van der Waals surface area contributed by atoms with E-state index < -0.39 is 0 Å². The second kappa shape index (κ2) is 5.76. The van der Waals surface area contributed by atoms with Gasteiger partial charge in [-0.15, -0.1) is 0 Å². The molecule has 1 aliphatic heterocycles. The second-order valence-electron chi connectivity index (χ2n) is 6.33. The standard InChI is InChI=1S/C17H22FNO2/c1-11-10-12(18)7-8-13(11)17(21)19-9-3-5-15(19)14-4-2-6-16(14)20/h7-8,10,14-16,20H,2-6,9H2,1H3. The van der Waals surface area contributed by atoms with Crippen molar-refractivity contribution in [1.29, 1.82) is 0 Å². The van der Waals surface area contributed by atoms with E-state index in [4.69, 9.17) is 0 Å². The molecule has 3 nitrogen and oxygen atoms in total. The third kappa shape index (κ3) is 2.69. The smallest absolute Gasteiger partial charge is 0.254 e. The molecule has 1 saturated heterocycles. The number of amides is 1. The molecule has 3 rings (SSSR count). The van der Waals surface area contributed by atoms with Crippen LogP contribution in [0, 0.1) is 18.7 Å². The fourth-order valence-electron chi connectivity index (χ4n) is 3.93. The van der Waals surface area contributed by atoms with E-state index in [-0.39, 0.29) is 29.8 Å². The number of aryl methyl sites for hydroxylation is 1. The number of carbonyl (C=O) groups is 1. The van der Waals surface area contributed by atoms with Gasteiger partial charge in [-0.2, -0.15) is 0 Å². The van der Waals surface area contributed by atoms with Gasteiger partial charge in [0.25, 0.3) is 5.91 Å². The highest BCUT2D eigenvalue weighted by molar-refractivity contribution is 5.96. The highest BCUT2D eigenvalue weighted by atomic mass is 19.1. The molecule has 0 bridgehead atoms. The molecule has 1 aliphatic carbocycles. The van der Waals surface area contributed by atoms with Gasteiger partial charge in [-0.25, -0.2) is 4.39 Å². The zero-order chi connectivity index (χ0) is 15.0. The zero-order valence-corrected chi connectivity index (χ0v) is 12.4. The summed E-state index contributed by atoms with van der Waals surface area (Å²) in [6, 6.07) is 4.46. The molecule has 4 heteroatoms. The predicted molar refractivity (Wildman–Crippen MR) is 78.5 cm³/mol. The Bertz CT molecular complexity index is 546. The number of carbonyl (C=O) groups excluding carboxylic acids is 1. The van der Waals surface area contributed by atoms with Crippen molar-refractivity contribution in [2.75, 3.05) is 6.54 Å². The van der Waals surface area contributed by atoms with Crippen LogP contribution in [0.15, 0.2) is 18.2 Å². The maximum atomic E-state index is 13.2. The van der Waals surface area contributed by atoms with Crippen LogP contribution >= 0.6 is 0 Å². The molecular weight excluding hydrogens is 269 g/mol. The average Bonchev–Trinajstić information content (AvgIpc) is 3.06. The Labute approximate surface area is 124 Å². The van der Waals surface area contributed by atoms with E-state index in [2.05, 4.69) is 0 Å². The molecule has 3 unspecified atom stereocenters. The topological polar surface area (TPSA) is 40.5 Å². The summed E-state index contributed by atoms with van der Waals surface area (Å²) in [5, 5.41) is 10.1. The number of hydrogen-bond donors (Lipinski definition) is 1. The van der Waals surface area contributed by atoms with Crippen LogP contribution in [0.1, 0.15) is 48.0 Å². The molecule has 0 spiro atoms. The van der Waals surface area contributed by atoms with Crippen LogP contribution in [0.5, 0.6) is 0 Å². The maximum Gasteiger partial charge on any atom is 0.254 e. The van der Waals surface area contributed by atoms with Gasteiger partial charge in [0.1, 0.15) is 5.82 Å². The molecule has 1 aromatic rings. The molecule has 21 heavy (non-hydrogen) atoms. The fraction of sp³-hybridized carbons (Fsp3) is 0.588. The first-order valence-electron chi connectivity index (χ1n) is 7.83. The van der Waals surface area contributed by atoms with Crippen LogP contribution < -0.4 is 0 Å². The summed E-state index contributed by atoms with van der Waals surface area (Å²) >= 11 is 0. The number of nitrogens with zero attached hydrogens (tertiary/aromatic N) is 1. The third-order valence-corrected chi connectivity index (χ3v) is 5.00. The lowest BCUT2D eigenvalue weighted by Crippen LogP contribution is -2.42. The molecule has 1 N–H and O–H groups in total. The van der Waals surface area contributed by atoms with Gasteiger partial charge in [0, 0.05) is 24.1 Å². The summed E-state index contributed by atoms with van der Waals surface area (Å²) in [4.78, 5) is 14.7. The summed E-state index contributed by atoms with van der Waals surface area (Å²) < 4.78 is 13.2. The van der Waals surface area contributed by atoms with Gasteiger partial charge in [-0.05, 0) is 56.4 Å². The van der Waals surface area contributed by atoms with Crippen LogP contribution in [-0.4, -0.2) is 34.6 Å². The third-order valence-electron chi connectivity index (χ3n) is 5.00. The molecule has 1 saturated carbocycles. The number of benzene rings is 1. The Morgan fingerprint density at radius 2 is 2.10 bits per heavy atom. The molecule has 114 valence electrons. The minimum Gasteiger partial charge on any atom is -0.393 e. The minimum atomic E-state index is -0.312. The Balaban J connectivity index is 1.82. The van der Waals surface area contributed by atoms with Crippen LogP contribution in [0.2, 0.25) is 0 Å². The summed E-state index contributed by atoms with van der Waals surface area (Å²) in [5.74, 6) is -0.125. The average molecular weight is 291 g/mol. The van der Waals surface area contributed by atoms with Gasteiger partial charge in [0.2, 0.25) is 0 Å². The Kier molecular flexibility index (Phi) is 3.98. The number of aliphatic hydroxyl groups is 1. The number of hydrogen-bond acceptors (Lipinski definition) is 2. The second-order valence-corrected chi connectivity index (χ2v) is 6.33. The predicted octanol–water partition coefficient (Wildman–Crippen LogP) is 2.90. The van der Waals surface area contributed by atoms with Crippen LogP contribution in [0.4, 0.5) is 4.39 Å². The van der Waals surface area contributed by atoms with Gasteiger partial charge < -0.3 is 10.0 Å². The van der Waals surface area contributed by atoms with Gasteiger partial charge in [0.15, 0.2) is 0 Å². The molecule has 2 aliphatic rings. The van der Waals surface area contributed by atoms with Crippen molar-refractivity contribution in [3.05, 3.63) is 35.1 Å². The first kappa shape index (κ1) is 14.5. The van der Waals surface area contributed by atoms with E-state index >= 15 is 0 Å². The molecule has 1 aromatic carbocycles. The monoisotopic (exact) mass is 291 g/mol. The zero-order valence-electron chi connectivity index (χ0n) is 12.4. The molecule has 1 amide bonds. The number of halogens is 1. The van der Waals surface area contributed by atoms with E-state index in [0.29, 0.717) is 11.1 Å². The minimum absolute atomic E-state index is 0.0194. The van der Waals surface area contributed by atoms with Crippen LogP contribution in [0.3, 0.4) is 0 Å². The van der Waals surface area contributed by atoms with Crippen molar-refractivity contribution in [3.8, 4) is 0 Å². The molecule has 0 radical (unpaired) electrons. The first-order chi connectivity index (χ1) is 10.1. The molecular formula is C17H22FNO2. The van der Waals surface area contributed by atoms with Crippen LogP contribution in [-0.2, 0) is 0 Å². The molecule has 2 fully saturated rings. The number of rotatable bonds is 2. The SMILES string of the molecule is Cc1cc(F)ccc1C(=O)N1CCCC1C1CCCC1O. The van der Waals surface area contributed by atoms with Crippen molar-refractivity contribution in [2.24, 2.45) is 5.92 Å².